The lowest BCUT2D eigenvalue weighted by Crippen LogP contribution is -2.38. The molecule has 0 bridgehead atoms. The van der Waals surface area contributed by atoms with E-state index in [-0.39, 0.29) is 16.3 Å². The molecule has 1 amide bonds. The van der Waals surface area contributed by atoms with Gasteiger partial charge in [0, 0.05) is 7.05 Å². The largest absolute Gasteiger partial charge is 0.494 e. The molecule has 0 aliphatic carbocycles. The molecule has 0 saturated carbocycles. The minimum atomic E-state index is -4.25. The molecule has 3 aromatic carbocycles. The predicted octanol–water partition coefficient (Wildman–Crippen LogP) is 3.86. The van der Waals surface area contributed by atoms with Crippen LogP contribution in [-0.2, 0) is 21.9 Å². The maximum Gasteiger partial charge on any atom is 0.295 e. The van der Waals surface area contributed by atoms with Crippen molar-refractivity contribution in [1.29, 1.82) is 0 Å². The molecule has 38 heavy (non-hydrogen) atoms. The van der Waals surface area contributed by atoms with E-state index in [0.29, 0.717) is 23.7 Å². The summed E-state index contributed by atoms with van der Waals surface area (Å²) in [5, 5.41) is 2.58. The van der Waals surface area contributed by atoms with Crippen molar-refractivity contribution in [3.8, 4) is 11.4 Å². The molecule has 1 aromatic heterocycles. The fourth-order valence-electron chi connectivity index (χ4n) is 3.95. The summed E-state index contributed by atoms with van der Waals surface area (Å²) >= 11 is 0. The molecule has 1 heterocycles. The Morgan fingerprint density at radius 1 is 1.00 bits per heavy atom. The Hall–Kier alpha value is -4.38. The number of rotatable bonds is 9. The van der Waals surface area contributed by atoms with E-state index in [9.17, 15) is 22.4 Å². The quantitative estimate of drug-likeness (QED) is 0.349. The van der Waals surface area contributed by atoms with Crippen molar-refractivity contribution in [3.05, 3.63) is 101 Å². The number of benzene rings is 3. The molecule has 11 heteroatoms. The molecule has 0 atom stereocenters. The number of hydrogen-bond acceptors (Lipinski definition) is 5. The monoisotopic (exact) mass is 538 g/mol. The van der Waals surface area contributed by atoms with E-state index >= 15 is 0 Å². The maximum atomic E-state index is 13.6. The number of nitrogens with zero attached hydrogens (tertiary/aromatic N) is 3. The van der Waals surface area contributed by atoms with Crippen molar-refractivity contribution in [1.82, 2.24) is 9.36 Å². The zero-order chi connectivity index (χ0) is 27.4. The summed E-state index contributed by atoms with van der Waals surface area (Å²) in [6.07, 6.45) is 0. The van der Waals surface area contributed by atoms with Crippen molar-refractivity contribution >= 4 is 27.3 Å². The second-order valence-corrected chi connectivity index (χ2v) is 10.2. The second-order valence-electron chi connectivity index (χ2n) is 8.38. The highest BCUT2D eigenvalue weighted by atomic mass is 32.2. The van der Waals surface area contributed by atoms with Crippen molar-refractivity contribution in [2.45, 2.75) is 18.7 Å². The van der Waals surface area contributed by atoms with Gasteiger partial charge in [-0.05, 0) is 74.5 Å². The normalized spacial score (nSPS) is 11.3. The standard InChI is InChI=1S/C27H27FN4O5S/c1-4-37-23-14-16-24(17-15-23)38(35,36)31(21-12-10-20(28)11-13-21)18-25(33)29-26-19(2)30(3)32(27(26)34)22-8-6-5-7-9-22/h5-17H,4,18H2,1-3H3,(H,29,33). The van der Waals surface area contributed by atoms with Crippen LogP contribution in [0.25, 0.3) is 5.69 Å². The molecule has 0 saturated heterocycles. The van der Waals surface area contributed by atoms with Crippen LogP contribution in [0.15, 0.2) is 88.6 Å². The fourth-order valence-corrected chi connectivity index (χ4v) is 5.37. The zero-order valence-corrected chi connectivity index (χ0v) is 21.9. The maximum absolute atomic E-state index is 13.6. The van der Waals surface area contributed by atoms with Crippen LogP contribution in [-0.4, -0.2) is 36.8 Å². The van der Waals surface area contributed by atoms with Crippen molar-refractivity contribution in [2.24, 2.45) is 7.05 Å². The van der Waals surface area contributed by atoms with Crippen molar-refractivity contribution < 1.29 is 22.3 Å². The highest BCUT2D eigenvalue weighted by Crippen LogP contribution is 2.26. The van der Waals surface area contributed by atoms with Crippen LogP contribution >= 0.6 is 0 Å². The molecule has 0 unspecified atom stereocenters. The van der Waals surface area contributed by atoms with Crippen molar-refractivity contribution in [3.63, 3.8) is 0 Å². The number of anilines is 2. The lowest BCUT2D eigenvalue weighted by Gasteiger charge is -2.24. The fraction of sp³-hybridized carbons (Fsp3) is 0.185. The minimum absolute atomic E-state index is 0.0267. The summed E-state index contributed by atoms with van der Waals surface area (Å²) in [5.41, 5.74) is 0.734. The van der Waals surface area contributed by atoms with Gasteiger partial charge in [-0.25, -0.2) is 17.5 Å². The number of ether oxygens (including phenoxy) is 1. The lowest BCUT2D eigenvalue weighted by atomic mass is 10.3. The summed E-state index contributed by atoms with van der Waals surface area (Å²) in [4.78, 5) is 26.3. The number of hydrogen-bond donors (Lipinski definition) is 1. The number of sulfonamides is 1. The van der Waals surface area contributed by atoms with E-state index in [4.69, 9.17) is 4.74 Å². The van der Waals surface area contributed by atoms with Gasteiger partial charge in [0.2, 0.25) is 5.91 Å². The Bertz CT molecular complexity index is 1600. The topological polar surface area (TPSA) is 103 Å². The van der Waals surface area contributed by atoms with E-state index in [1.807, 2.05) is 13.0 Å². The first-order valence-corrected chi connectivity index (χ1v) is 13.2. The van der Waals surface area contributed by atoms with E-state index < -0.39 is 33.9 Å². The molecular formula is C27H27FN4O5S. The third-order valence-corrected chi connectivity index (χ3v) is 7.73. The Balaban J connectivity index is 1.67. The van der Waals surface area contributed by atoms with Gasteiger partial charge in [-0.1, -0.05) is 18.2 Å². The van der Waals surface area contributed by atoms with E-state index in [1.165, 1.54) is 41.1 Å². The first kappa shape index (κ1) is 26.7. The molecule has 198 valence electrons. The minimum Gasteiger partial charge on any atom is -0.494 e. The van der Waals surface area contributed by atoms with Gasteiger partial charge in [0.1, 0.15) is 23.8 Å². The first-order valence-electron chi connectivity index (χ1n) is 11.8. The average molecular weight is 539 g/mol. The zero-order valence-electron chi connectivity index (χ0n) is 21.1. The summed E-state index contributed by atoms with van der Waals surface area (Å²) in [6.45, 7) is 3.24. The predicted molar refractivity (Wildman–Crippen MR) is 143 cm³/mol. The van der Waals surface area contributed by atoms with Crippen molar-refractivity contribution in [2.75, 3.05) is 22.8 Å². The van der Waals surface area contributed by atoms with Gasteiger partial charge in [0.15, 0.2) is 0 Å². The number of para-hydroxylation sites is 1. The molecule has 0 aliphatic rings. The molecule has 0 aliphatic heterocycles. The number of aromatic nitrogens is 2. The average Bonchev–Trinajstić information content (AvgIpc) is 3.11. The van der Waals surface area contributed by atoms with Gasteiger partial charge in [-0.15, -0.1) is 0 Å². The third kappa shape index (κ3) is 5.32. The van der Waals surface area contributed by atoms with Crippen LogP contribution in [0.4, 0.5) is 15.8 Å². The van der Waals surface area contributed by atoms with E-state index in [0.717, 1.165) is 16.4 Å². The molecule has 4 aromatic rings. The van der Waals surface area contributed by atoms with Crippen LogP contribution in [0.1, 0.15) is 12.6 Å². The highest BCUT2D eigenvalue weighted by molar-refractivity contribution is 7.92. The number of amides is 1. The molecular weight excluding hydrogens is 511 g/mol. The van der Waals surface area contributed by atoms with Crippen LogP contribution in [0.5, 0.6) is 5.75 Å². The van der Waals surface area contributed by atoms with Crippen LogP contribution in [0.3, 0.4) is 0 Å². The van der Waals surface area contributed by atoms with E-state index in [1.54, 1.807) is 42.9 Å². The van der Waals surface area contributed by atoms with Gasteiger partial charge < -0.3 is 10.1 Å². The second kappa shape index (κ2) is 10.9. The van der Waals surface area contributed by atoms with Crippen LogP contribution in [0.2, 0.25) is 0 Å². The SMILES string of the molecule is CCOc1ccc(S(=O)(=O)N(CC(=O)Nc2c(C)n(C)n(-c3ccccc3)c2=O)c2ccc(F)cc2)cc1. The number of nitrogens with one attached hydrogen (secondary N) is 1. The summed E-state index contributed by atoms with van der Waals surface area (Å²) in [5.74, 6) is -0.806. The Morgan fingerprint density at radius 2 is 1.63 bits per heavy atom. The smallest absolute Gasteiger partial charge is 0.295 e. The number of halogens is 1. The third-order valence-electron chi connectivity index (χ3n) is 5.94. The first-order chi connectivity index (χ1) is 18.1. The number of carbonyl (C=O) groups is 1. The Kier molecular flexibility index (Phi) is 7.67. The van der Waals surface area contributed by atoms with Crippen LogP contribution in [0, 0.1) is 12.7 Å². The molecule has 0 spiro atoms. The van der Waals surface area contributed by atoms with Gasteiger partial charge in [-0.3, -0.25) is 18.6 Å². The Morgan fingerprint density at radius 3 is 2.24 bits per heavy atom. The Labute approximate surface area is 219 Å². The van der Waals surface area contributed by atoms with Crippen LogP contribution < -0.4 is 19.9 Å². The highest BCUT2D eigenvalue weighted by Gasteiger charge is 2.28. The molecule has 4 rings (SSSR count). The molecule has 9 nitrogen and oxygen atoms in total. The summed E-state index contributed by atoms with van der Waals surface area (Å²) in [6, 6.07) is 19.4. The van der Waals surface area contributed by atoms with Gasteiger partial charge in [0.25, 0.3) is 15.6 Å². The van der Waals surface area contributed by atoms with Gasteiger partial charge in [-0.2, -0.15) is 0 Å². The molecule has 0 fully saturated rings. The molecule has 0 radical (unpaired) electrons. The van der Waals surface area contributed by atoms with E-state index in [2.05, 4.69) is 5.32 Å². The number of carbonyl (C=O) groups excluding carboxylic acids is 1. The van der Waals surface area contributed by atoms with Gasteiger partial charge in [0.05, 0.1) is 28.6 Å². The summed E-state index contributed by atoms with van der Waals surface area (Å²) in [7, 11) is -2.57. The lowest BCUT2D eigenvalue weighted by molar-refractivity contribution is -0.114. The summed E-state index contributed by atoms with van der Waals surface area (Å²) < 4.78 is 50.0. The van der Waals surface area contributed by atoms with Gasteiger partial charge >= 0.3 is 0 Å². The molecule has 1 N–H and O–H groups in total.